The number of aliphatic hydroxyl groups is 1. The van der Waals surface area contributed by atoms with E-state index in [1.807, 2.05) is 6.92 Å². The fourth-order valence-electron chi connectivity index (χ4n) is 1.96. The summed E-state index contributed by atoms with van der Waals surface area (Å²) in [5.41, 5.74) is 0. The maximum absolute atomic E-state index is 12.0. The zero-order valence-electron chi connectivity index (χ0n) is 11.7. The standard InChI is InChI=1S/C14H20N2O3S/c1-8(7-9(2)17)15-14(19)11-5-6-12(20-11)16-13(18)10-3-4-10/h5-6,8-10,17H,3-4,7H2,1-2H3,(H,15,19)(H,16,18). The van der Waals surface area contributed by atoms with Crippen LogP contribution in [-0.2, 0) is 4.79 Å². The first-order valence-corrected chi connectivity index (χ1v) is 7.67. The van der Waals surface area contributed by atoms with E-state index in [2.05, 4.69) is 10.6 Å². The molecule has 2 atom stereocenters. The lowest BCUT2D eigenvalue weighted by atomic mass is 10.1. The Bertz CT molecular complexity index is 494. The maximum atomic E-state index is 12.0. The predicted molar refractivity (Wildman–Crippen MR) is 78.9 cm³/mol. The van der Waals surface area contributed by atoms with Crippen LogP contribution in [0, 0.1) is 5.92 Å². The summed E-state index contributed by atoms with van der Waals surface area (Å²) in [5.74, 6) is 0.0248. The van der Waals surface area contributed by atoms with Gasteiger partial charge in [-0.15, -0.1) is 11.3 Å². The van der Waals surface area contributed by atoms with E-state index in [1.165, 1.54) is 11.3 Å². The zero-order valence-corrected chi connectivity index (χ0v) is 12.5. The molecule has 1 aromatic rings. The molecule has 0 spiro atoms. The molecule has 2 rings (SSSR count). The van der Waals surface area contributed by atoms with Crippen LogP contribution in [0.2, 0.25) is 0 Å². The molecule has 110 valence electrons. The van der Waals surface area contributed by atoms with Crippen molar-refractivity contribution in [3.8, 4) is 0 Å². The molecule has 1 saturated carbocycles. The lowest BCUT2D eigenvalue weighted by Crippen LogP contribution is -2.34. The largest absolute Gasteiger partial charge is 0.393 e. The van der Waals surface area contributed by atoms with Crippen molar-refractivity contribution >= 4 is 28.2 Å². The van der Waals surface area contributed by atoms with Gasteiger partial charge in [0.15, 0.2) is 0 Å². The fourth-order valence-corrected chi connectivity index (χ4v) is 2.77. The molecular formula is C14H20N2O3S. The zero-order chi connectivity index (χ0) is 14.7. The van der Waals surface area contributed by atoms with E-state index in [1.54, 1.807) is 19.1 Å². The summed E-state index contributed by atoms with van der Waals surface area (Å²) in [5, 5.41) is 15.6. The number of thiophene rings is 1. The minimum Gasteiger partial charge on any atom is -0.393 e. The molecule has 0 bridgehead atoms. The minimum atomic E-state index is -0.443. The highest BCUT2D eigenvalue weighted by Gasteiger charge is 2.29. The molecule has 1 aliphatic carbocycles. The minimum absolute atomic E-state index is 0.0429. The number of carbonyl (C=O) groups is 2. The van der Waals surface area contributed by atoms with E-state index in [0.29, 0.717) is 16.3 Å². The van der Waals surface area contributed by atoms with E-state index in [9.17, 15) is 14.7 Å². The van der Waals surface area contributed by atoms with E-state index >= 15 is 0 Å². The van der Waals surface area contributed by atoms with Gasteiger partial charge in [0.25, 0.3) is 5.91 Å². The van der Waals surface area contributed by atoms with Crippen LogP contribution < -0.4 is 10.6 Å². The molecule has 0 radical (unpaired) electrons. The second-order valence-electron chi connectivity index (χ2n) is 5.39. The van der Waals surface area contributed by atoms with Gasteiger partial charge in [0, 0.05) is 12.0 Å². The van der Waals surface area contributed by atoms with Gasteiger partial charge >= 0.3 is 0 Å². The first-order valence-electron chi connectivity index (χ1n) is 6.85. The van der Waals surface area contributed by atoms with Gasteiger partial charge in [0.2, 0.25) is 5.91 Å². The molecule has 20 heavy (non-hydrogen) atoms. The molecule has 6 heteroatoms. The predicted octanol–water partition coefficient (Wildman–Crippen LogP) is 1.99. The quantitative estimate of drug-likeness (QED) is 0.751. The third kappa shape index (κ3) is 4.31. The van der Waals surface area contributed by atoms with Crippen LogP contribution in [0.15, 0.2) is 12.1 Å². The van der Waals surface area contributed by atoms with Gasteiger partial charge in [-0.3, -0.25) is 9.59 Å². The second-order valence-corrected chi connectivity index (χ2v) is 6.47. The first kappa shape index (κ1) is 15.0. The summed E-state index contributed by atoms with van der Waals surface area (Å²) in [6.45, 7) is 3.55. The highest BCUT2D eigenvalue weighted by molar-refractivity contribution is 7.18. The number of nitrogens with one attached hydrogen (secondary N) is 2. The molecule has 0 aromatic carbocycles. The SMILES string of the molecule is CC(O)CC(C)NC(=O)c1ccc(NC(=O)C2CC2)s1. The first-order chi connectivity index (χ1) is 9.45. The smallest absolute Gasteiger partial charge is 0.261 e. The van der Waals surface area contributed by atoms with Crippen molar-refractivity contribution in [1.82, 2.24) is 5.32 Å². The lowest BCUT2D eigenvalue weighted by molar-refractivity contribution is -0.117. The number of carbonyl (C=O) groups excluding carboxylic acids is 2. The monoisotopic (exact) mass is 296 g/mol. The second kappa shape index (κ2) is 6.37. The van der Waals surface area contributed by atoms with Crippen LogP contribution in [0.5, 0.6) is 0 Å². The van der Waals surface area contributed by atoms with Gasteiger partial charge in [-0.05, 0) is 45.2 Å². The van der Waals surface area contributed by atoms with Crippen molar-refractivity contribution in [2.45, 2.75) is 45.3 Å². The Balaban J connectivity index is 1.87. The maximum Gasteiger partial charge on any atom is 0.261 e. The molecule has 1 fully saturated rings. The number of rotatable bonds is 6. The topological polar surface area (TPSA) is 78.4 Å². The number of aliphatic hydroxyl groups excluding tert-OH is 1. The Morgan fingerprint density at radius 1 is 1.40 bits per heavy atom. The lowest BCUT2D eigenvalue weighted by Gasteiger charge is -2.14. The number of amides is 2. The highest BCUT2D eigenvalue weighted by Crippen LogP contribution is 2.31. The molecule has 1 heterocycles. The summed E-state index contributed by atoms with van der Waals surface area (Å²) in [4.78, 5) is 24.2. The molecule has 0 aliphatic heterocycles. The molecular weight excluding hydrogens is 276 g/mol. The molecule has 2 amide bonds. The Morgan fingerprint density at radius 3 is 2.70 bits per heavy atom. The van der Waals surface area contributed by atoms with E-state index in [0.717, 1.165) is 12.8 Å². The summed E-state index contributed by atoms with van der Waals surface area (Å²) in [6, 6.07) is 3.37. The summed E-state index contributed by atoms with van der Waals surface area (Å²) >= 11 is 1.27. The van der Waals surface area contributed by atoms with Gasteiger partial charge in [-0.25, -0.2) is 0 Å². The fraction of sp³-hybridized carbons (Fsp3) is 0.571. The summed E-state index contributed by atoms with van der Waals surface area (Å²) in [7, 11) is 0. The molecule has 3 N–H and O–H groups in total. The Morgan fingerprint density at radius 2 is 2.10 bits per heavy atom. The molecule has 1 aliphatic rings. The van der Waals surface area contributed by atoms with Gasteiger partial charge in [0.1, 0.15) is 0 Å². The summed E-state index contributed by atoms with van der Waals surface area (Å²) < 4.78 is 0. The van der Waals surface area contributed by atoms with Crippen LogP contribution in [-0.4, -0.2) is 29.1 Å². The number of hydrogen-bond donors (Lipinski definition) is 3. The normalized spacial score (nSPS) is 17.4. The van der Waals surface area contributed by atoms with Crippen molar-refractivity contribution in [2.75, 3.05) is 5.32 Å². The third-order valence-corrected chi connectivity index (χ3v) is 4.10. The average Bonchev–Trinajstić information content (AvgIpc) is 3.09. The van der Waals surface area contributed by atoms with E-state index in [4.69, 9.17) is 0 Å². The third-order valence-electron chi connectivity index (χ3n) is 3.10. The van der Waals surface area contributed by atoms with Gasteiger partial charge in [-0.2, -0.15) is 0 Å². The van der Waals surface area contributed by atoms with E-state index in [-0.39, 0.29) is 23.8 Å². The van der Waals surface area contributed by atoms with Crippen molar-refractivity contribution in [3.05, 3.63) is 17.0 Å². The van der Waals surface area contributed by atoms with Gasteiger partial charge in [0.05, 0.1) is 16.0 Å². The average molecular weight is 296 g/mol. The molecule has 5 nitrogen and oxygen atoms in total. The van der Waals surface area contributed by atoms with Crippen LogP contribution >= 0.6 is 11.3 Å². The van der Waals surface area contributed by atoms with Gasteiger partial charge < -0.3 is 15.7 Å². The molecule has 2 unspecified atom stereocenters. The van der Waals surface area contributed by atoms with Crippen LogP contribution in [0.4, 0.5) is 5.00 Å². The number of hydrogen-bond acceptors (Lipinski definition) is 4. The molecule has 1 aromatic heterocycles. The Kier molecular flexibility index (Phi) is 4.77. The van der Waals surface area contributed by atoms with Crippen molar-refractivity contribution in [3.63, 3.8) is 0 Å². The van der Waals surface area contributed by atoms with Crippen LogP contribution in [0.25, 0.3) is 0 Å². The highest BCUT2D eigenvalue weighted by atomic mass is 32.1. The number of anilines is 1. The van der Waals surface area contributed by atoms with Crippen LogP contribution in [0.1, 0.15) is 42.8 Å². The van der Waals surface area contributed by atoms with Crippen molar-refractivity contribution in [2.24, 2.45) is 5.92 Å². The van der Waals surface area contributed by atoms with Crippen molar-refractivity contribution < 1.29 is 14.7 Å². The van der Waals surface area contributed by atoms with E-state index < -0.39 is 6.10 Å². The Hall–Kier alpha value is -1.40. The summed E-state index contributed by atoms with van der Waals surface area (Å²) in [6.07, 6.45) is 1.99. The molecule has 0 saturated heterocycles. The van der Waals surface area contributed by atoms with Crippen LogP contribution in [0.3, 0.4) is 0 Å². The Labute approximate surface area is 122 Å². The van der Waals surface area contributed by atoms with Crippen molar-refractivity contribution in [1.29, 1.82) is 0 Å². The van der Waals surface area contributed by atoms with Gasteiger partial charge in [-0.1, -0.05) is 0 Å².